The van der Waals surface area contributed by atoms with E-state index in [-0.39, 0.29) is 5.91 Å². The Kier molecular flexibility index (Phi) is 8.21. The Balaban J connectivity index is 1.52. The molecule has 1 aliphatic carbocycles. The third-order valence-electron chi connectivity index (χ3n) is 4.41. The summed E-state index contributed by atoms with van der Waals surface area (Å²) in [5.74, 6) is 2.45. The van der Waals surface area contributed by atoms with Gasteiger partial charge in [0, 0.05) is 39.5 Å². The van der Waals surface area contributed by atoms with Crippen molar-refractivity contribution in [1.82, 2.24) is 16.0 Å². The van der Waals surface area contributed by atoms with Crippen molar-refractivity contribution >= 4 is 11.9 Å². The molecule has 24 heavy (non-hydrogen) atoms. The minimum Gasteiger partial charge on any atom is -0.469 e. The van der Waals surface area contributed by atoms with Crippen molar-refractivity contribution in [2.24, 2.45) is 10.9 Å². The first-order chi connectivity index (χ1) is 11.8. The predicted molar refractivity (Wildman–Crippen MR) is 96.0 cm³/mol. The second-order valence-corrected chi connectivity index (χ2v) is 6.31. The van der Waals surface area contributed by atoms with E-state index < -0.39 is 0 Å². The van der Waals surface area contributed by atoms with Gasteiger partial charge < -0.3 is 20.4 Å². The molecule has 1 saturated carbocycles. The molecule has 1 aromatic heterocycles. The predicted octanol–water partition coefficient (Wildman–Crippen LogP) is 2.07. The lowest BCUT2D eigenvalue weighted by Gasteiger charge is -2.20. The fourth-order valence-corrected chi connectivity index (χ4v) is 3.09. The number of aliphatic imine (C=N–C) groups is 1. The van der Waals surface area contributed by atoms with Gasteiger partial charge in [0.25, 0.3) is 0 Å². The highest BCUT2D eigenvalue weighted by Gasteiger charge is 2.16. The maximum absolute atomic E-state index is 11.9. The first kappa shape index (κ1) is 18.4. The fourth-order valence-electron chi connectivity index (χ4n) is 3.09. The van der Waals surface area contributed by atoms with Crippen molar-refractivity contribution in [2.45, 2.75) is 44.9 Å². The van der Waals surface area contributed by atoms with E-state index in [1.165, 1.54) is 32.1 Å². The summed E-state index contributed by atoms with van der Waals surface area (Å²) in [6.45, 7) is 2.03. The maximum atomic E-state index is 11.9. The van der Waals surface area contributed by atoms with Gasteiger partial charge in [-0.2, -0.15) is 0 Å². The van der Waals surface area contributed by atoms with Gasteiger partial charge in [-0.05, 0) is 30.9 Å². The molecule has 0 aliphatic heterocycles. The molecular formula is C18H30N4O2. The molecule has 6 nitrogen and oxygen atoms in total. The van der Waals surface area contributed by atoms with E-state index in [1.54, 1.807) is 13.3 Å². The molecule has 3 N–H and O–H groups in total. The molecule has 1 fully saturated rings. The summed E-state index contributed by atoms with van der Waals surface area (Å²) in [7, 11) is 1.74. The van der Waals surface area contributed by atoms with Crippen LogP contribution in [0, 0.1) is 5.92 Å². The van der Waals surface area contributed by atoms with E-state index in [9.17, 15) is 4.79 Å². The van der Waals surface area contributed by atoms with Gasteiger partial charge in [-0.3, -0.25) is 9.79 Å². The van der Waals surface area contributed by atoms with E-state index in [2.05, 4.69) is 20.9 Å². The molecule has 0 unspecified atom stereocenters. The van der Waals surface area contributed by atoms with Crippen LogP contribution in [-0.2, 0) is 11.2 Å². The normalized spacial score (nSPS) is 16.0. The molecule has 1 aliphatic rings. The molecule has 0 saturated heterocycles. The van der Waals surface area contributed by atoms with Crippen LogP contribution in [0.15, 0.2) is 27.8 Å². The van der Waals surface area contributed by atoms with Crippen LogP contribution < -0.4 is 16.0 Å². The standard InChI is InChI=1S/C18H30N4O2/c1-19-18(21-10-9-16-8-5-13-24-16)22-12-11-20-17(23)14-15-6-3-2-4-7-15/h5,8,13,15H,2-4,6-7,9-12,14H2,1H3,(H,20,23)(H2,19,21,22). The first-order valence-corrected chi connectivity index (χ1v) is 9.01. The number of nitrogens with zero attached hydrogens (tertiary/aromatic N) is 1. The molecule has 6 heteroatoms. The monoisotopic (exact) mass is 334 g/mol. The molecule has 134 valence electrons. The topological polar surface area (TPSA) is 78.7 Å². The third-order valence-corrected chi connectivity index (χ3v) is 4.41. The summed E-state index contributed by atoms with van der Waals surface area (Å²) in [4.78, 5) is 16.1. The Bertz CT molecular complexity index is 493. The van der Waals surface area contributed by atoms with Crippen molar-refractivity contribution in [3.05, 3.63) is 24.2 Å². The van der Waals surface area contributed by atoms with Gasteiger partial charge in [0.05, 0.1) is 6.26 Å². The number of nitrogens with one attached hydrogen (secondary N) is 3. The third kappa shape index (κ3) is 7.06. The van der Waals surface area contributed by atoms with E-state index >= 15 is 0 Å². The molecule has 2 rings (SSSR count). The SMILES string of the molecule is CN=C(NCCNC(=O)CC1CCCCC1)NCCc1ccco1. The van der Waals surface area contributed by atoms with Crippen molar-refractivity contribution in [1.29, 1.82) is 0 Å². The molecule has 1 heterocycles. The lowest BCUT2D eigenvalue weighted by molar-refractivity contribution is -0.122. The molecule has 0 bridgehead atoms. The largest absolute Gasteiger partial charge is 0.469 e. The molecule has 0 spiro atoms. The van der Waals surface area contributed by atoms with Crippen LogP contribution in [0.2, 0.25) is 0 Å². The Morgan fingerprint density at radius 2 is 1.92 bits per heavy atom. The lowest BCUT2D eigenvalue weighted by Crippen LogP contribution is -2.42. The average molecular weight is 334 g/mol. The van der Waals surface area contributed by atoms with Gasteiger partial charge in [0.2, 0.25) is 5.91 Å². The van der Waals surface area contributed by atoms with Gasteiger partial charge in [0.15, 0.2) is 5.96 Å². The maximum Gasteiger partial charge on any atom is 0.220 e. The lowest BCUT2D eigenvalue weighted by atomic mass is 9.87. The highest BCUT2D eigenvalue weighted by atomic mass is 16.3. The van der Waals surface area contributed by atoms with Gasteiger partial charge >= 0.3 is 0 Å². The average Bonchev–Trinajstić information content (AvgIpc) is 3.11. The molecular weight excluding hydrogens is 304 g/mol. The zero-order chi connectivity index (χ0) is 17.0. The summed E-state index contributed by atoms with van der Waals surface area (Å²) >= 11 is 0. The molecule has 1 aromatic rings. The van der Waals surface area contributed by atoms with Gasteiger partial charge in [-0.15, -0.1) is 0 Å². The number of hydrogen-bond acceptors (Lipinski definition) is 3. The van der Waals surface area contributed by atoms with E-state index in [4.69, 9.17) is 4.42 Å². The van der Waals surface area contributed by atoms with Crippen LogP contribution in [0.4, 0.5) is 0 Å². The summed E-state index contributed by atoms with van der Waals surface area (Å²) in [5.41, 5.74) is 0. The molecule has 0 atom stereocenters. The van der Waals surface area contributed by atoms with Crippen molar-refractivity contribution < 1.29 is 9.21 Å². The zero-order valence-corrected chi connectivity index (χ0v) is 14.6. The molecule has 1 amide bonds. The summed E-state index contributed by atoms with van der Waals surface area (Å²) in [5, 5.41) is 9.42. The van der Waals surface area contributed by atoms with Gasteiger partial charge in [0.1, 0.15) is 5.76 Å². The fraction of sp³-hybridized carbons (Fsp3) is 0.667. The first-order valence-electron chi connectivity index (χ1n) is 9.01. The summed E-state index contributed by atoms with van der Waals surface area (Å²) in [6, 6.07) is 3.85. The number of hydrogen-bond donors (Lipinski definition) is 3. The smallest absolute Gasteiger partial charge is 0.220 e. The van der Waals surface area contributed by atoms with Crippen LogP contribution in [0.25, 0.3) is 0 Å². The number of furan rings is 1. The van der Waals surface area contributed by atoms with Crippen LogP contribution in [-0.4, -0.2) is 38.5 Å². The summed E-state index contributed by atoms with van der Waals surface area (Å²) in [6.07, 6.45) is 9.46. The van der Waals surface area contributed by atoms with Crippen molar-refractivity contribution in [2.75, 3.05) is 26.7 Å². The minimum absolute atomic E-state index is 0.171. The number of rotatable bonds is 8. The number of carbonyl (C=O) groups is 1. The quantitative estimate of drug-likeness (QED) is 0.386. The zero-order valence-electron chi connectivity index (χ0n) is 14.6. The highest BCUT2D eigenvalue weighted by Crippen LogP contribution is 2.25. The number of amides is 1. The van der Waals surface area contributed by atoms with Crippen LogP contribution in [0.1, 0.15) is 44.3 Å². The molecule has 0 radical (unpaired) electrons. The van der Waals surface area contributed by atoms with Crippen LogP contribution >= 0.6 is 0 Å². The highest BCUT2D eigenvalue weighted by molar-refractivity contribution is 5.79. The van der Waals surface area contributed by atoms with E-state index in [0.717, 1.165) is 24.7 Å². The Hall–Kier alpha value is -1.98. The Labute approximate surface area is 144 Å². The van der Waals surface area contributed by atoms with Crippen LogP contribution in [0.5, 0.6) is 0 Å². The second-order valence-electron chi connectivity index (χ2n) is 6.31. The van der Waals surface area contributed by atoms with E-state index in [0.29, 0.717) is 25.4 Å². The van der Waals surface area contributed by atoms with Crippen molar-refractivity contribution in [3.8, 4) is 0 Å². The Morgan fingerprint density at radius 3 is 2.62 bits per heavy atom. The summed E-state index contributed by atoms with van der Waals surface area (Å²) < 4.78 is 5.29. The Morgan fingerprint density at radius 1 is 1.17 bits per heavy atom. The number of guanidine groups is 1. The van der Waals surface area contributed by atoms with Gasteiger partial charge in [-0.25, -0.2) is 0 Å². The van der Waals surface area contributed by atoms with Crippen LogP contribution in [0.3, 0.4) is 0 Å². The number of carbonyl (C=O) groups excluding carboxylic acids is 1. The second kappa shape index (κ2) is 10.7. The van der Waals surface area contributed by atoms with E-state index in [1.807, 2.05) is 12.1 Å². The van der Waals surface area contributed by atoms with Gasteiger partial charge in [-0.1, -0.05) is 19.3 Å². The molecule has 0 aromatic carbocycles. The minimum atomic E-state index is 0.171. The van der Waals surface area contributed by atoms with Crippen molar-refractivity contribution in [3.63, 3.8) is 0 Å².